The van der Waals surface area contributed by atoms with E-state index in [-0.39, 0.29) is 0 Å². The highest BCUT2D eigenvalue weighted by molar-refractivity contribution is 5.18. The minimum atomic E-state index is 0.331. The van der Waals surface area contributed by atoms with Gasteiger partial charge in [-0.1, -0.05) is 26.8 Å². The molecule has 0 aliphatic rings. The number of ether oxygens (including phenoxy) is 1. The lowest BCUT2D eigenvalue weighted by molar-refractivity contribution is 0.0935. The van der Waals surface area contributed by atoms with Crippen molar-refractivity contribution in [2.24, 2.45) is 5.41 Å². The summed E-state index contributed by atoms with van der Waals surface area (Å²) >= 11 is 0. The second kappa shape index (κ2) is 6.72. The van der Waals surface area contributed by atoms with Gasteiger partial charge < -0.3 is 10.1 Å². The Hall–Kier alpha value is -0.930. The maximum atomic E-state index is 5.69. The summed E-state index contributed by atoms with van der Waals surface area (Å²) in [4.78, 5) is 4.37. The molecule has 1 N–H and O–H groups in total. The van der Waals surface area contributed by atoms with Crippen LogP contribution in [0.5, 0.6) is 0 Å². The van der Waals surface area contributed by atoms with Gasteiger partial charge in [0.2, 0.25) is 0 Å². The molecule has 0 spiro atoms. The van der Waals surface area contributed by atoms with Gasteiger partial charge >= 0.3 is 0 Å². The Kier molecular flexibility index (Phi) is 5.59. The van der Waals surface area contributed by atoms with Gasteiger partial charge in [0.1, 0.15) is 0 Å². The Labute approximate surface area is 105 Å². The number of nitrogens with zero attached hydrogens (tertiary/aromatic N) is 1. The molecule has 96 valence electrons. The summed E-state index contributed by atoms with van der Waals surface area (Å²) in [5, 5.41) is 3.14. The van der Waals surface area contributed by atoms with Crippen molar-refractivity contribution in [1.82, 2.24) is 10.3 Å². The lowest BCUT2D eigenvalue weighted by Crippen LogP contribution is -2.12. The van der Waals surface area contributed by atoms with Crippen LogP contribution in [-0.4, -0.2) is 18.6 Å². The van der Waals surface area contributed by atoms with E-state index in [1.165, 1.54) is 5.56 Å². The third-order valence-electron chi connectivity index (χ3n) is 2.59. The average Bonchev–Trinajstić information content (AvgIpc) is 2.25. The SMILES string of the molecule is CNCc1cccnc1COCCC(C)(C)C. The maximum Gasteiger partial charge on any atom is 0.0891 e. The monoisotopic (exact) mass is 236 g/mol. The highest BCUT2D eigenvalue weighted by atomic mass is 16.5. The predicted molar refractivity (Wildman–Crippen MR) is 70.7 cm³/mol. The van der Waals surface area contributed by atoms with E-state index in [1.807, 2.05) is 19.3 Å². The Morgan fingerprint density at radius 1 is 1.35 bits per heavy atom. The van der Waals surface area contributed by atoms with E-state index in [9.17, 15) is 0 Å². The molecule has 0 atom stereocenters. The van der Waals surface area contributed by atoms with E-state index < -0.39 is 0 Å². The Bertz CT molecular complexity index is 331. The molecule has 0 saturated heterocycles. The van der Waals surface area contributed by atoms with Crippen LogP contribution in [0.15, 0.2) is 18.3 Å². The van der Waals surface area contributed by atoms with Gasteiger partial charge in [-0.2, -0.15) is 0 Å². The Morgan fingerprint density at radius 3 is 2.76 bits per heavy atom. The molecule has 0 radical (unpaired) electrons. The Morgan fingerprint density at radius 2 is 2.12 bits per heavy atom. The fourth-order valence-corrected chi connectivity index (χ4v) is 1.50. The van der Waals surface area contributed by atoms with Crippen molar-refractivity contribution >= 4 is 0 Å². The highest BCUT2D eigenvalue weighted by Gasteiger charge is 2.10. The van der Waals surface area contributed by atoms with Crippen LogP contribution in [0.4, 0.5) is 0 Å². The minimum absolute atomic E-state index is 0.331. The molecule has 17 heavy (non-hydrogen) atoms. The second-order valence-corrected chi connectivity index (χ2v) is 5.50. The summed E-state index contributed by atoms with van der Waals surface area (Å²) < 4.78 is 5.69. The van der Waals surface area contributed by atoms with Crippen molar-refractivity contribution in [3.63, 3.8) is 0 Å². The summed E-state index contributed by atoms with van der Waals surface area (Å²) in [5.74, 6) is 0. The molecule has 3 nitrogen and oxygen atoms in total. The number of nitrogens with one attached hydrogen (secondary N) is 1. The van der Waals surface area contributed by atoms with Gasteiger partial charge in [-0.25, -0.2) is 0 Å². The van der Waals surface area contributed by atoms with Gasteiger partial charge in [0, 0.05) is 19.3 Å². The molecule has 0 unspecified atom stereocenters. The molecule has 1 heterocycles. The fourth-order valence-electron chi connectivity index (χ4n) is 1.50. The minimum Gasteiger partial charge on any atom is -0.375 e. The molecular formula is C14H24N2O. The lowest BCUT2D eigenvalue weighted by Gasteiger charge is -2.17. The van der Waals surface area contributed by atoms with E-state index >= 15 is 0 Å². The molecule has 0 saturated carbocycles. The van der Waals surface area contributed by atoms with Crippen LogP contribution >= 0.6 is 0 Å². The number of hydrogen-bond donors (Lipinski definition) is 1. The topological polar surface area (TPSA) is 34.2 Å². The average molecular weight is 236 g/mol. The van der Waals surface area contributed by atoms with Gasteiger partial charge in [-0.05, 0) is 30.5 Å². The van der Waals surface area contributed by atoms with Crippen molar-refractivity contribution < 1.29 is 4.74 Å². The second-order valence-electron chi connectivity index (χ2n) is 5.50. The van der Waals surface area contributed by atoms with Crippen LogP contribution in [-0.2, 0) is 17.9 Å². The normalized spacial score (nSPS) is 11.8. The zero-order chi connectivity index (χ0) is 12.7. The highest BCUT2D eigenvalue weighted by Crippen LogP contribution is 2.18. The molecular weight excluding hydrogens is 212 g/mol. The van der Waals surface area contributed by atoms with E-state index in [2.05, 4.69) is 37.1 Å². The van der Waals surface area contributed by atoms with Gasteiger partial charge in [0.15, 0.2) is 0 Å². The number of hydrogen-bond acceptors (Lipinski definition) is 3. The van der Waals surface area contributed by atoms with Crippen LogP contribution in [0.2, 0.25) is 0 Å². The van der Waals surface area contributed by atoms with Crippen molar-refractivity contribution in [1.29, 1.82) is 0 Å². The van der Waals surface area contributed by atoms with Gasteiger partial charge in [0.25, 0.3) is 0 Å². The number of aromatic nitrogens is 1. The molecule has 3 heteroatoms. The first-order valence-corrected chi connectivity index (χ1v) is 6.18. The van der Waals surface area contributed by atoms with E-state index in [1.54, 1.807) is 0 Å². The van der Waals surface area contributed by atoms with Gasteiger partial charge in [-0.3, -0.25) is 4.98 Å². The molecule has 0 fully saturated rings. The standard InChI is InChI=1S/C14H24N2O/c1-14(2,3)7-9-17-11-13-12(10-15-4)6-5-8-16-13/h5-6,8,15H,7,9-11H2,1-4H3. The van der Waals surface area contributed by atoms with E-state index in [4.69, 9.17) is 4.74 Å². The third-order valence-corrected chi connectivity index (χ3v) is 2.59. The van der Waals surface area contributed by atoms with Crippen LogP contribution in [0.1, 0.15) is 38.4 Å². The number of pyridine rings is 1. The van der Waals surface area contributed by atoms with Crippen LogP contribution in [0.25, 0.3) is 0 Å². The molecule has 1 aromatic heterocycles. The third kappa shape index (κ3) is 5.80. The molecule has 1 aromatic rings. The van der Waals surface area contributed by atoms with Crippen LogP contribution in [0.3, 0.4) is 0 Å². The Balaban J connectivity index is 2.41. The fraction of sp³-hybridized carbons (Fsp3) is 0.643. The summed E-state index contributed by atoms with van der Waals surface area (Å²) in [6.45, 7) is 8.91. The zero-order valence-electron chi connectivity index (χ0n) is 11.4. The van der Waals surface area contributed by atoms with Gasteiger partial charge in [-0.15, -0.1) is 0 Å². The quantitative estimate of drug-likeness (QED) is 0.771. The van der Waals surface area contributed by atoms with Crippen molar-refractivity contribution in [2.75, 3.05) is 13.7 Å². The first kappa shape index (κ1) is 14.1. The largest absolute Gasteiger partial charge is 0.375 e. The van der Waals surface area contributed by atoms with Crippen LogP contribution in [0, 0.1) is 5.41 Å². The summed E-state index contributed by atoms with van der Waals surface area (Å²) in [5.41, 5.74) is 2.58. The van der Waals surface area contributed by atoms with E-state index in [0.717, 1.165) is 25.3 Å². The molecule has 0 bridgehead atoms. The molecule has 0 amide bonds. The smallest absolute Gasteiger partial charge is 0.0891 e. The maximum absolute atomic E-state index is 5.69. The predicted octanol–water partition coefficient (Wildman–Crippen LogP) is 2.75. The zero-order valence-corrected chi connectivity index (χ0v) is 11.4. The van der Waals surface area contributed by atoms with E-state index in [0.29, 0.717) is 12.0 Å². The summed E-state index contributed by atoms with van der Waals surface area (Å²) in [6, 6.07) is 4.05. The molecule has 0 aromatic carbocycles. The van der Waals surface area contributed by atoms with Crippen LogP contribution < -0.4 is 5.32 Å². The molecule has 0 aliphatic heterocycles. The molecule has 0 aliphatic carbocycles. The first-order chi connectivity index (χ1) is 8.03. The summed E-state index contributed by atoms with van der Waals surface area (Å²) in [6.07, 6.45) is 2.89. The summed E-state index contributed by atoms with van der Waals surface area (Å²) in [7, 11) is 1.94. The first-order valence-electron chi connectivity index (χ1n) is 6.18. The van der Waals surface area contributed by atoms with Crippen molar-refractivity contribution in [3.8, 4) is 0 Å². The number of rotatable bonds is 6. The van der Waals surface area contributed by atoms with Gasteiger partial charge in [0.05, 0.1) is 12.3 Å². The lowest BCUT2D eigenvalue weighted by atomic mass is 9.93. The molecule has 1 rings (SSSR count). The van der Waals surface area contributed by atoms with Crippen molar-refractivity contribution in [3.05, 3.63) is 29.6 Å². The van der Waals surface area contributed by atoms with Crippen molar-refractivity contribution in [2.45, 2.75) is 40.3 Å².